The number of likely N-dealkylation sites (N-methyl/N-ethyl adjacent to an activating group) is 1. The van der Waals surface area contributed by atoms with Gasteiger partial charge in [0.15, 0.2) is 0 Å². The minimum absolute atomic E-state index is 0.0397. The molecule has 1 rings (SSSR count). The first-order valence-corrected chi connectivity index (χ1v) is 12.1. The fraction of sp³-hybridized carbons (Fsp3) is 1.00. The van der Waals surface area contributed by atoms with Crippen molar-refractivity contribution in [2.24, 2.45) is 0 Å². The van der Waals surface area contributed by atoms with Crippen LogP contribution in [0.4, 0.5) is 0 Å². The third-order valence-electron chi connectivity index (χ3n) is 5.56. The Balaban J connectivity index is 2.19. The Hall–Kier alpha value is -0.0000000000000000555. The van der Waals surface area contributed by atoms with E-state index in [-0.39, 0.29) is 24.3 Å². The molecule has 0 atom stereocenters. The van der Waals surface area contributed by atoms with Crippen molar-refractivity contribution in [3.8, 4) is 0 Å². The molecular formula is C19H40ClN2O6S+. The largest absolute Gasteiger partial charge is 0.378 e. The summed E-state index contributed by atoms with van der Waals surface area (Å²) in [6, 6.07) is 0.509. The summed E-state index contributed by atoms with van der Waals surface area (Å²) in [5.74, 6) is -0.400. The van der Waals surface area contributed by atoms with Gasteiger partial charge in [0.2, 0.25) is 0 Å². The molecule has 1 N–H and O–H groups in total. The molecule has 0 saturated carbocycles. The number of quaternary nitrogens is 1. The minimum atomic E-state index is -3.96. The van der Waals surface area contributed by atoms with E-state index >= 15 is 0 Å². The summed E-state index contributed by atoms with van der Waals surface area (Å²) in [4.78, 5) is 0. The highest BCUT2D eigenvalue weighted by Crippen LogP contribution is 2.42. The van der Waals surface area contributed by atoms with E-state index in [0.717, 1.165) is 23.9 Å². The molecule has 10 heteroatoms. The van der Waals surface area contributed by atoms with Crippen LogP contribution in [-0.2, 0) is 24.3 Å². The average molecular weight is 460 g/mol. The highest BCUT2D eigenvalue weighted by Gasteiger charge is 2.49. The summed E-state index contributed by atoms with van der Waals surface area (Å²) in [6.07, 6.45) is 2.07. The number of hydrogen-bond acceptors (Lipinski definition) is 6. The SMILES string of the molecule is CC1(C)CC([N+](C)(C)CCOCCOCCOCCS(=O)(=O)O)CC(C)(C)N1Cl. The lowest BCUT2D eigenvalue weighted by Gasteiger charge is -2.54. The second-order valence-electron chi connectivity index (χ2n) is 9.59. The fourth-order valence-electron chi connectivity index (χ4n) is 3.89. The van der Waals surface area contributed by atoms with E-state index in [4.69, 9.17) is 30.5 Å². The topological polar surface area (TPSA) is 85.3 Å². The van der Waals surface area contributed by atoms with E-state index < -0.39 is 15.9 Å². The van der Waals surface area contributed by atoms with Gasteiger partial charge in [-0.25, -0.2) is 4.42 Å². The molecule has 0 spiro atoms. The zero-order valence-electron chi connectivity index (χ0n) is 18.8. The molecule has 1 saturated heterocycles. The lowest BCUT2D eigenvalue weighted by molar-refractivity contribution is -0.918. The maximum absolute atomic E-state index is 10.5. The van der Waals surface area contributed by atoms with Crippen LogP contribution < -0.4 is 0 Å². The Kier molecular flexibility index (Phi) is 10.3. The van der Waals surface area contributed by atoms with Crippen molar-refractivity contribution in [3.63, 3.8) is 0 Å². The van der Waals surface area contributed by atoms with Crippen molar-refractivity contribution >= 4 is 21.9 Å². The Morgan fingerprint density at radius 1 is 0.931 bits per heavy atom. The van der Waals surface area contributed by atoms with Crippen LogP contribution >= 0.6 is 11.8 Å². The zero-order valence-corrected chi connectivity index (χ0v) is 20.4. The van der Waals surface area contributed by atoms with Gasteiger partial charge in [0.25, 0.3) is 10.1 Å². The van der Waals surface area contributed by atoms with Crippen LogP contribution in [0.1, 0.15) is 40.5 Å². The molecule has 0 aliphatic carbocycles. The summed E-state index contributed by atoms with van der Waals surface area (Å²) in [5.41, 5.74) is -0.108. The third-order valence-corrected chi connectivity index (χ3v) is 7.16. The van der Waals surface area contributed by atoms with Gasteiger partial charge < -0.3 is 18.7 Å². The van der Waals surface area contributed by atoms with Crippen molar-refractivity contribution in [1.29, 1.82) is 0 Å². The zero-order chi connectivity index (χ0) is 22.3. The van der Waals surface area contributed by atoms with Gasteiger partial charge in [0.1, 0.15) is 6.54 Å². The predicted molar refractivity (Wildman–Crippen MR) is 115 cm³/mol. The molecule has 0 bridgehead atoms. The number of nitrogens with zero attached hydrogens (tertiary/aromatic N) is 2. The summed E-state index contributed by atoms with van der Waals surface area (Å²) in [5, 5.41) is 0. The Morgan fingerprint density at radius 3 is 1.79 bits per heavy atom. The predicted octanol–water partition coefficient (Wildman–Crippen LogP) is 2.18. The summed E-state index contributed by atoms with van der Waals surface area (Å²) >= 11 is 6.59. The highest BCUT2D eigenvalue weighted by molar-refractivity contribution is 7.85. The Labute approximate surface area is 181 Å². The Morgan fingerprint density at radius 2 is 1.34 bits per heavy atom. The van der Waals surface area contributed by atoms with Crippen LogP contribution in [0, 0.1) is 0 Å². The van der Waals surface area contributed by atoms with Crippen LogP contribution in [0.25, 0.3) is 0 Å². The number of hydrogen-bond donors (Lipinski definition) is 1. The van der Waals surface area contributed by atoms with Gasteiger partial charge in [0, 0.05) is 23.9 Å². The quantitative estimate of drug-likeness (QED) is 0.195. The summed E-state index contributed by atoms with van der Waals surface area (Å²) in [7, 11) is 0.545. The first-order chi connectivity index (χ1) is 13.2. The van der Waals surface area contributed by atoms with Gasteiger partial charge in [-0.3, -0.25) is 4.55 Å². The van der Waals surface area contributed by atoms with Crippen molar-refractivity contribution in [2.45, 2.75) is 57.7 Å². The molecule has 0 aromatic heterocycles. The van der Waals surface area contributed by atoms with Gasteiger partial charge >= 0.3 is 0 Å². The van der Waals surface area contributed by atoms with E-state index in [1.54, 1.807) is 0 Å². The number of ether oxygens (including phenoxy) is 3. The summed E-state index contributed by atoms with van der Waals surface area (Å²) < 4.78 is 48.7. The van der Waals surface area contributed by atoms with Crippen LogP contribution in [0.3, 0.4) is 0 Å². The average Bonchev–Trinajstić information content (AvgIpc) is 2.56. The third kappa shape index (κ3) is 9.78. The van der Waals surface area contributed by atoms with E-state index in [1.165, 1.54) is 0 Å². The maximum atomic E-state index is 10.5. The molecule has 0 radical (unpaired) electrons. The van der Waals surface area contributed by atoms with E-state index in [1.807, 2.05) is 4.42 Å². The molecule has 8 nitrogen and oxygen atoms in total. The molecule has 1 heterocycles. The van der Waals surface area contributed by atoms with E-state index in [9.17, 15) is 8.42 Å². The van der Waals surface area contributed by atoms with E-state index in [0.29, 0.717) is 32.5 Å². The lowest BCUT2D eigenvalue weighted by atomic mass is 9.78. The fourth-order valence-corrected chi connectivity index (χ4v) is 4.35. The van der Waals surface area contributed by atoms with Crippen molar-refractivity contribution in [1.82, 2.24) is 4.42 Å². The van der Waals surface area contributed by atoms with Gasteiger partial charge in [-0.1, -0.05) is 0 Å². The molecule has 1 aliphatic rings. The molecule has 0 aromatic rings. The van der Waals surface area contributed by atoms with Crippen molar-refractivity contribution < 1.29 is 31.7 Å². The monoisotopic (exact) mass is 459 g/mol. The number of piperidine rings is 1. The smallest absolute Gasteiger partial charge is 0.267 e. The first-order valence-electron chi connectivity index (χ1n) is 10.1. The highest BCUT2D eigenvalue weighted by atomic mass is 35.5. The van der Waals surface area contributed by atoms with Gasteiger partial charge in [0.05, 0.1) is 65.5 Å². The van der Waals surface area contributed by atoms with Gasteiger partial charge in [-0.2, -0.15) is 8.42 Å². The normalized spacial score (nSPS) is 20.8. The van der Waals surface area contributed by atoms with Crippen LogP contribution in [-0.4, -0.2) is 105 Å². The Bertz CT molecular complexity index is 580. The van der Waals surface area contributed by atoms with Crippen LogP contribution in [0.5, 0.6) is 0 Å². The maximum Gasteiger partial charge on any atom is 0.267 e. The minimum Gasteiger partial charge on any atom is -0.378 e. The molecule has 0 aromatic carbocycles. The van der Waals surface area contributed by atoms with Gasteiger partial charge in [-0.05, 0) is 39.5 Å². The molecule has 1 aliphatic heterocycles. The van der Waals surface area contributed by atoms with Crippen molar-refractivity contribution in [2.75, 3.05) is 66.0 Å². The summed E-state index contributed by atoms with van der Waals surface area (Å²) in [6.45, 7) is 11.9. The second kappa shape index (κ2) is 11.0. The molecule has 0 amide bonds. The van der Waals surface area contributed by atoms with Crippen LogP contribution in [0.15, 0.2) is 0 Å². The van der Waals surface area contributed by atoms with Gasteiger partial charge in [-0.15, -0.1) is 0 Å². The standard InChI is InChI=1S/C19H39ClN2O6S/c1-18(2)15-17(16-19(3,4)21(18)20)22(5,6)7-8-26-9-10-27-11-12-28-13-14-29(23,24)25/h17H,7-16H2,1-6H3/p+1. The number of rotatable bonds is 13. The molecule has 0 unspecified atom stereocenters. The molecule has 29 heavy (non-hydrogen) atoms. The van der Waals surface area contributed by atoms with E-state index in [2.05, 4.69) is 41.8 Å². The lowest BCUT2D eigenvalue weighted by Crippen LogP contribution is -2.64. The van der Waals surface area contributed by atoms with Crippen molar-refractivity contribution in [3.05, 3.63) is 0 Å². The molecular weight excluding hydrogens is 420 g/mol. The number of halogens is 1. The van der Waals surface area contributed by atoms with Crippen LogP contribution in [0.2, 0.25) is 0 Å². The first kappa shape index (κ1) is 27.0. The molecule has 1 fully saturated rings. The second-order valence-corrected chi connectivity index (χ2v) is 11.5. The molecule has 174 valence electrons.